The maximum Gasteiger partial charge on any atom is 0.254 e. The molecule has 0 bridgehead atoms. The first kappa shape index (κ1) is 19.8. The summed E-state index contributed by atoms with van der Waals surface area (Å²) in [6, 6.07) is 19.9. The number of carbonyl (C=O) groups is 2. The minimum absolute atomic E-state index is 0.177. The van der Waals surface area contributed by atoms with Crippen LogP contribution in [-0.2, 0) is 10.2 Å². The Morgan fingerprint density at radius 3 is 2.65 bits per heavy atom. The van der Waals surface area contributed by atoms with E-state index in [1.165, 1.54) is 12.1 Å². The third-order valence-corrected chi connectivity index (χ3v) is 6.55. The molecule has 1 fully saturated rings. The van der Waals surface area contributed by atoms with Crippen molar-refractivity contribution in [1.29, 1.82) is 0 Å². The lowest BCUT2D eigenvalue weighted by molar-refractivity contribution is -0.124. The third-order valence-electron chi connectivity index (χ3n) is 6.31. The van der Waals surface area contributed by atoms with Crippen molar-refractivity contribution in [3.05, 3.63) is 100 Å². The van der Waals surface area contributed by atoms with Crippen LogP contribution in [0.25, 0.3) is 0 Å². The van der Waals surface area contributed by atoms with E-state index in [9.17, 15) is 14.0 Å². The highest BCUT2D eigenvalue weighted by molar-refractivity contribution is 6.31. The van der Waals surface area contributed by atoms with E-state index in [1.54, 1.807) is 41.3 Å². The molecule has 156 valence electrons. The average molecular weight is 435 g/mol. The van der Waals surface area contributed by atoms with E-state index in [0.717, 1.165) is 5.56 Å². The molecule has 2 aliphatic rings. The minimum atomic E-state index is -1.02. The van der Waals surface area contributed by atoms with Crippen LogP contribution in [0.4, 0.5) is 10.1 Å². The molecule has 0 saturated carbocycles. The number of hydrogen-bond donors (Lipinski definition) is 1. The molecule has 31 heavy (non-hydrogen) atoms. The summed E-state index contributed by atoms with van der Waals surface area (Å²) in [4.78, 5) is 28.8. The molecule has 1 saturated heterocycles. The second kappa shape index (κ2) is 7.50. The van der Waals surface area contributed by atoms with E-state index in [4.69, 9.17) is 11.6 Å². The molecule has 2 amide bonds. The summed E-state index contributed by atoms with van der Waals surface area (Å²) in [5.74, 6) is -0.770. The smallest absolute Gasteiger partial charge is 0.254 e. The largest absolute Gasteiger partial charge is 0.330 e. The Kier molecular flexibility index (Phi) is 4.78. The standard InChI is InChI=1S/C25H20ClFN2O2/c26-18-10-11-20-21(15-18)28-24(31)25(20)12-5-13-29(23(30)16-6-2-1-3-7-16)22(25)17-8-4-9-19(27)14-17/h1-4,6-11,14-15,22H,5,12-13H2,(H,28,31)/t22-,25-/m1/s1. The molecule has 3 aromatic rings. The van der Waals surface area contributed by atoms with Crippen molar-refractivity contribution in [3.8, 4) is 0 Å². The van der Waals surface area contributed by atoms with Crippen LogP contribution in [0.1, 0.15) is 40.4 Å². The monoisotopic (exact) mass is 434 g/mol. The normalized spacial score (nSPS) is 22.3. The Balaban J connectivity index is 1.71. The van der Waals surface area contributed by atoms with E-state index in [1.807, 2.05) is 24.3 Å². The summed E-state index contributed by atoms with van der Waals surface area (Å²) in [6.45, 7) is 0.479. The molecule has 2 aliphatic heterocycles. The Morgan fingerprint density at radius 2 is 1.87 bits per heavy atom. The number of hydrogen-bond acceptors (Lipinski definition) is 2. The lowest BCUT2D eigenvalue weighted by Crippen LogP contribution is -2.54. The molecule has 0 aromatic heterocycles. The van der Waals surface area contributed by atoms with E-state index in [2.05, 4.69) is 5.32 Å². The number of nitrogens with one attached hydrogen (secondary N) is 1. The van der Waals surface area contributed by atoms with Gasteiger partial charge in [-0.25, -0.2) is 4.39 Å². The fourth-order valence-corrected chi connectivity index (χ4v) is 5.22. The Hall–Kier alpha value is -3.18. The summed E-state index contributed by atoms with van der Waals surface area (Å²) < 4.78 is 14.3. The van der Waals surface area contributed by atoms with Gasteiger partial charge in [0.05, 0.1) is 6.04 Å². The number of amides is 2. The van der Waals surface area contributed by atoms with Crippen molar-refractivity contribution in [3.63, 3.8) is 0 Å². The Labute approximate surface area is 184 Å². The van der Waals surface area contributed by atoms with E-state index >= 15 is 0 Å². The van der Waals surface area contributed by atoms with Crippen LogP contribution in [0.2, 0.25) is 5.02 Å². The van der Waals surface area contributed by atoms with Crippen molar-refractivity contribution in [1.82, 2.24) is 4.90 Å². The molecule has 4 nitrogen and oxygen atoms in total. The van der Waals surface area contributed by atoms with Crippen LogP contribution in [0, 0.1) is 5.82 Å². The Morgan fingerprint density at radius 1 is 1.06 bits per heavy atom. The van der Waals surface area contributed by atoms with Crippen molar-refractivity contribution >= 4 is 29.1 Å². The number of piperidine rings is 1. The SMILES string of the molecule is O=C(c1ccccc1)N1CCC[C@]2(C(=O)Nc3cc(Cl)ccc32)[C@H]1c1cccc(F)c1. The van der Waals surface area contributed by atoms with Gasteiger partial charge in [0.1, 0.15) is 11.2 Å². The number of fused-ring (bicyclic) bond motifs is 2. The topological polar surface area (TPSA) is 49.4 Å². The van der Waals surface area contributed by atoms with E-state index in [-0.39, 0.29) is 11.8 Å². The quantitative estimate of drug-likeness (QED) is 0.591. The maximum atomic E-state index is 14.3. The molecule has 1 spiro atoms. The molecule has 6 heteroatoms. The van der Waals surface area contributed by atoms with E-state index < -0.39 is 17.3 Å². The van der Waals surface area contributed by atoms with Gasteiger partial charge < -0.3 is 10.2 Å². The molecule has 0 aliphatic carbocycles. The van der Waals surface area contributed by atoms with Crippen LogP contribution in [0.5, 0.6) is 0 Å². The van der Waals surface area contributed by atoms with Gasteiger partial charge in [-0.3, -0.25) is 9.59 Å². The number of likely N-dealkylation sites (tertiary alicyclic amines) is 1. The molecule has 2 heterocycles. The number of carbonyl (C=O) groups excluding carboxylic acids is 2. The van der Waals surface area contributed by atoms with Crippen LogP contribution < -0.4 is 5.32 Å². The van der Waals surface area contributed by atoms with Crippen molar-refractivity contribution in [2.24, 2.45) is 0 Å². The summed E-state index contributed by atoms with van der Waals surface area (Å²) >= 11 is 6.17. The number of benzene rings is 3. The minimum Gasteiger partial charge on any atom is -0.330 e. The van der Waals surface area contributed by atoms with E-state index in [0.29, 0.717) is 41.2 Å². The van der Waals surface area contributed by atoms with Gasteiger partial charge >= 0.3 is 0 Å². The van der Waals surface area contributed by atoms with Crippen molar-refractivity contribution in [2.45, 2.75) is 24.3 Å². The zero-order valence-electron chi connectivity index (χ0n) is 16.6. The predicted molar refractivity (Wildman–Crippen MR) is 118 cm³/mol. The number of halogens is 2. The zero-order valence-corrected chi connectivity index (χ0v) is 17.4. The third kappa shape index (κ3) is 3.12. The van der Waals surface area contributed by atoms with Crippen molar-refractivity contribution < 1.29 is 14.0 Å². The van der Waals surface area contributed by atoms with Gasteiger partial charge in [0.15, 0.2) is 0 Å². The first-order chi connectivity index (χ1) is 15.0. The molecule has 0 unspecified atom stereocenters. The highest BCUT2D eigenvalue weighted by atomic mass is 35.5. The van der Waals surface area contributed by atoms with Crippen molar-refractivity contribution in [2.75, 3.05) is 11.9 Å². The molecule has 3 aromatic carbocycles. The fourth-order valence-electron chi connectivity index (χ4n) is 5.05. The summed E-state index contributed by atoms with van der Waals surface area (Å²) in [6.07, 6.45) is 1.20. The van der Waals surface area contributed by atoms with Crippen LogP contribution in [-0.4, -0.2) is 23.3 Å². The molecular formula is C25H20ClFN2O2. The van der Waals surface area contributed by atoms with Gasteiger partial charge in [-0.1, -0.05) is 48.0 Å². The van der Waals surface area contributed by atoms with Gasteiger partial charge in [0.25, 0.3) is 5.91 Å². The highest BCUT2D eigenvalue weighted by Gasteiger charge is 2.57. The first-order valence-corrected chi connectivity index (χ1v) is 10.6. The van der Waals surface area contributed by atoms with Gasteiger partial charge in [0.2, 0.25) is 5.91 Å². The lowest BCUT2D eigenvalue weighted by Gasteiger charge is -2.47. The predicted octanol–water partition coefficient (Wildman–Crippen LogP) is 5.35. The van der Waals surface area contributed by atoms with Crippen LogP contribution >= 0.6 is 11.6 Å². The molecule has 2 atom stereocenters. The molecule has 5 rings (SSSR count). The molecular weight excluding hydrogens is 415 g/mol. The number of rotatable bonds is 2. The molecule has 0 radical (unpaired) electrons. The summed E-state index contributed by atoms with van der Waals surface area (Å²) in [5, 5.41) is 3.48. The van der Waals surface area contributed by atoms with Gasteiger partial charge in [-0.05, 0) is 60.4 Å². The molecule has 1 N–H and O–H groups in total. The number of nitrogens with zero attached hydrogens (tertiary/aromatic N) is 1. The zero-order chi connectivity index (χ0) is 21.6. The lowest BCUT2D eigenvalue weighted by atomic mass is 9.66. The van der Waals surface area contributed by atoms with Crippen LogP contribution in [0.3, 0.4) is 0 Å². The summed E-state index contributed by atoms with van der Waals surface area (Å²) in [5.41, 5.74) is 1.56. The Bertz CT molecular complexity index is 1180. The van der Waals surface area contributed by atoms with Gasteiger partial charge in [-0.2, -0.15) is 0 Å². The first-order valence-electron chi connectivity index (χ1n) is 10.2. The van der Waals surface area contributed by atoms with Gasteiger partial charge in [-0.15, -0.1) is 0 Å². The average Bonchev–Trinajstić information content (AvgIpc) is 3.04. The second-order valence-electron chi connectivity index (χ2n) is 8.04. The summed E-state index contributed by atoms with van der Waals surface area (Å²) in [7, 11) is 0. The maximum absolute atomic E-state index is 14.3. The number of anilines is 1. The second-order valence-corrected chi connectivity index (χ2v) is 8.48. The fraction of sp³-hybridized carbons (Fsp3) is 0.200. The van der Waals surface area contributed by atoms with Gasteiger partial charge in [0, 0.05) is 22.8 Å². The van der Waals surface area contributed by atoms with Crippen LogP contribution in [0.15, 0.2) is 72.8 Å². The highest BCUT2D eigenvalue weighted by Crippen LogP contribution is 2.54.